The van der Waals surface area contributed by atoms with E-state index >= 15 is 0 Å². The average molecular weight is 450 g/mol. The van der Waals surface area contributed by atoms with Gasteiger partial charge in [0.15, 0.2) is 17.6 Å². The maximum atomic E-state index is 12.4. The van der Waals surface area contributed by atoms with Crippen molar-refractivity contribution in [2.24, 2.45) is 0 Å². The minimum absolute atomic E-state index is 0.371. The van der Waals surface area contributed by atoms with Crippen molar-refractivity contribution in [3.8, 4) is 23.0 Å². The SMILES string of the molecule is COc1ccc(Cl)cc1NC(=O)C(C)OC(=O)/C=C/c1cc(OC)c(OC)c(OC)c1. The first-order valence-corrected chi connectivity index (χ1v) is 9.53. The van der Waals surface area contributed by atoms with Gasteiger partial charge in [0, 0.05) is 11.1 Å². The number of rotatable bonds is 9. The molecule has 0 aliphatic heterocycles. The number of hydrogen-bond acceptors (Lipinski definition) is 7. The van der Waals surface area contributed by atoms with E-state index in [2.05, 4.69) is 5.32 Å². The van der Waals surface area contributed by atoms with E-state index in [1.54, 1.807) is 24.3 Å². The van der Waals surface area contributed by atoms with Gasteiger partial charge in [0.1, 0.15) is 5.75 Å². The molecule has 0 fully saturated rings. The molecule has 1 N–H and O–H groups in total. The first-order chi connectivity index (χ1) is 14.8. The molecule has 0 aliphatic rings. The lowest BCUT2D eigenvalue weighted by Gasteiger charge is -2.15. The molecule has 0 aliphatic carbocycles. The normalized spacial score (nSPS) is 11.5. The van der Waals surface area contributed by atoms with Crippen molar-refractivity contribution >= 4 is 35.2 Å². The number of anilines is 1. The highest BCUT2D eigenvalue weighted by molar-refractivity contribution is 6.31. The first-order valence-electron chi connectivity index (χ1n) is 9.16. The maximum Gasteiger partial charge on any atom is 0.331 e. The largest absolute Gasteiger partial charge is 0.495 e. The molecule has 1 unspecified atom stereocenters. The highest BCUT2D eigenvalue weighted by atomic mass is 35.5. The van der Waals surface area contributed by atoms with Gasteiger partial charge in [-0.05, 0) is 48.9 Å². The zero-order valence-corrected chi connectivity index (χ0v) is 18.6. The van der Waals surface area contributed by atoms with E-state index in [-0.39, 0.29) is 0 Å². The van der Waals surface area contributed by atoms with Crippen LogP contribution in [0.1, 0.15) is 12.5 Å². The van der Waals surface area contributed by atoms with E-state index in [9.17, 15) is 9.59 Å². The molecule has 0 radical (unpaired) electrons. The second kappa shape index (κ2) is 11.1. The molecule has 0 saturated carbocycles. The molecular weight excluding hydrogens is 426 g/mol. The molecule has 9 heteroatoms. The molecule has 31 heavy (non-hydrogen) atoms. The van der Waals surface area contributed by atoms with Gasteiger partial charge in [-0.25, -0.2) is 4.79 Å². The van der Waals surface area contributed by atoms with Crippen LogP contribution in [0.3, 0.4) is 0 Å². The Hall–Kier alpha value is -3.39. The van der Waals surface area contributed by atoms with Gasteiger partial charge in [-0.1, -0.05) is 11.6 Å². The first kappa shape index (κ1) is 23.9. The number of halogens is 1. The van der Waals surface area contributed by atoms with Crippen LogP contribution in [0.2, 0.25) is 5.02 Å². The molecule has 2 aromatic rings. The lowest BCUT2D eigenvalue weighted by molar-refractivity contribution is -0.148. The number of hydrogen-bond donors (Lipinski definition) is 1. The van der Waals surface area contributed by atoms with Gasteiger partial charge in [-0.3, -0.25) is 4.79 Å². The number of esters is 1. The van der Waals surface area contributed by atoms with Crippen molar-refractivity contribution in [1.29, 1.82) is 0 Å². The van der Waals surface area contributed by atoms with Crippen LogP contribution in [0.4, 0.5) is 5.69 Å². The van der Waals surface area contributed by atoms with E-state index < -0.39 is 18.0 Å². The lowest BCUT2D eigenvalue weighted by Crippen LogP contribution is -2.29. The van der Waals surface area contributed by atoms with Crippen molar-refractivity contribution < 1.29 is 33.3 Å². The van der Waals surface area contributed by atoms with Gasteiger partial charge in [0.2, 0.25) is 5.75 Å². The Morgan fingerprint density at radius 2 is 1.55 bits per heavy atom. The number of nitrogens with one attached hydrogen (secondary N) is 1. The van der Waals surface area contributed by atoms with Gasteiger partial charge in [-0.2, -0.15) is 0 Å². The summed E-state index contributed by atoms with van der Waals surface area (Å²) in [6.07, 6.45) is 1.66. The van der Waals surface area contributed by atoms with Crippen molar-refractivity contribution in [3.63, 3.8) is 0 Å². The summed E-state index contributed by atoms with van der Waals surface area (Å²) in [5.74, 6) is 0.519. The zero-order chi connectivity index (χ0) is 23.0. The summed E-state index contributed by atoms with van der Waals surface area (Å²) >= 11 is 5.96. The molecule has 0 bridgehead atoms. The van der Waals surface area contributed by atoms with Crippen LogP contribution >= 0.6 is 11.6 Å². The van der Waals surface area contributed by atoms with Gasteiger partial charge < -0.3 is 29.0 Å². The van der Waals surface area contributed by atoms with E-state index in [1.807, 2.05) is 0 Å². The third-order valence-corrected chi connectivity index (χ3v) is 4.42. The van der Waals surface area contributed by atoms with Gasteiger partial charge in [0.25, 0.3) is 5.91 Å². The highest BCUT2D eigenvalue weighted by Crippen LogP contribution is 2.38. The molecule has 0 spiro atoms. The van der Waals surface area contributed by atoms with Crippen LogP contribution in [-0.2, 0) is 14.3 Å². The summed E-state index contributed by atoms with van der Waals surface area (Å²) in [6.45, 7) is 1.46. The molecule has 0 aromatic heterocycles. The summed E-state index contributed by atoms with van der Waals surface area (Å²) in [7, 11) is 5.96. The molecule has 166 valence electrons. The fourth-order valence-corrected chi connectivity index (χ4v) is 2.81. The number of carbonyl (C=O) groups excluding carboxylic acids is 2. The summed E-state index contributed by atoms with van der Waals surface area (Å²) in [5, 5.41) is 3.05. The van der Waals surface area contributed by atoms with Crippen molar-refractivity contribution in [1.82, 2.24) is 0 Å². The summed E-state index contributed by atoms with van der Waals surface area (Å²) in [6, 6.07) is 8.14. The second-order valence-electron chi connectivity index (χ2n) is 6.20. The number of amides is 1. The number of methoxy groups -OCH3 is 4. The Bertz CT molecular complexity index is 949. The smallest absolute Gasteiger partial charge is 0.331 e. The Balaban J connectivity index is 2.06. The van der Waals surface area contributed by atoms with Crippen LogP contribution in [0.15, 0.2) is 36.4 Å². The average Bonchev–Trinajstić information content (AvgIpc) is 2.76. The van der Waals surface area contributed by atoms with Crippen molar-refractivity contribution in [2.45, 2.75) is 13.0 Å². The minimum Gasteiger partial charge on any atom is -0.495 e. The summed E-state index contributed by atoms with van der Waals surface area (Å²) in [4.78, 5) is 24.6. The Labute approximate surface area is 185 Å². The molecular formula is C22H24ClNO7. The van der Waals surface area contributed by atoms with Crippen LogP contribution in [0.25, 0.3) is 6.08 Å². The number of carbonyl (C=O) groups is 2. The second-order valence-corrected chi connectivity index (χ2v) is 6.64. The predicted octanol–water partition coefficient (Wildman–Crippen LogP) is 3.96. The molecule has 0 saturated heterocycles. The quantitative estimate of drug-likeness (QED) is 0.457. The van der Waals surface area contributed by atoms with E-state index in [0.717, 1.165) is 0 Å². The summed E-state index contributed by atoms with van der Waals surface area (Å²) < 4.78 is 26.2. The molecule has 8 nitrogen and oxygen atoms in total. The molecule has 0 heterocycles. The van der Waals surface area contributed by atoms with Gasteiger partial charge in [-0.15, -0.1) is 0 Å². The van der Waals surface area contributed by atoms with E-state index in [1.165, 1.54) is 53.6 Å². The van der Waals surface area contributed by atoms with E-state index in [0.29, 0.717) is 39.3 Å². The monoisotopic (exact) mass is 449 g/mol. The predicted molar refractivity (Wildman–Crippen MR) is 117 cm³/mol. The van der Waals surface area contributed by atoms with Crippen molar-refractivity contribution in [2.75, 3.05) is 33.8 Å². The topological polar surface area (TPSA) is 92.3 Å². The number of ether oxygens (including phenoxy) is 5. The fourth-order valence-electron chi connectivity index (χ4n) is 2.64. The molecule has 2 rings (SSSR count). The van der Waals surface area contributed by atoms with Gasteiger partial charge >= 0.3 is 5.97 Å². The van der Waals surface area contributed by atoms with Crippen LogP contribution < -0.4 is 24.3 Å². The van der Waals surface area contributed by atoms with Crippen LogP contribution in [0.5, 0.6) is 23.0 Å². The van der Waals surface area contributed by atoms with E-state index in [4.69, 9.17) is 35.3 Å². The minimum atomic E-state index is -1.05. The molecule has 2 aromatic carbocycles. The highest BCUT2D eigenvalue weighted by Gasteiger charge is 2.19. The van der Waals surface area contributed by atoms with Crippen LogP contribution in [-0.4, -0.2) is 46.4 Å². The Morgan fingerprint density at radius 3 is 2.10 bits per heavy atom. The fraction of sp³-hybridized carbons (Fsp3) is 0.273. The molecule has 1 atom stereocenters. The standard InChI is InChI=1S/C22H24ClNO7/c1-13(22(26)24-16-12-15(23)7-8-17(16)27-2)31-20(25)9-6-14-10-18(28-3)21(30-5)19(11-14)29-4/h6-13H,1-5H3,(H,24,26)/b9-6+. The Kier molecular flexibility index (Phi) is 8.57. The Morgan fingerprint density at radius 1 is 0.935 bits per heavy atom. The lowest BCUT2D eigenvalue weighted by atomic mass is 10.1. The number of benzene rings is 2. The van der Waals surface area contributed by atoms with Crippen molar-refractivity contribution in [3.05, 3.63) is 47.0 Å². The van der Waals surface area contributed by atoms with Crippen LogP contribution in [0, 0.1) is 0 Å². The zero-order valence-electron chi connectivity index (χ0n) is 17.9. The molecule has 1 amide bonds. The van der Waals surface area contributed by atoms with Gasteiger partial charge in [0.05, 0.1) is 34.1 Å². The third-order valence-electron chi connectivity index (χ3n) is 4.18. The third kappa shape index (κ3) is 6.29. The maximum absolute atomic E-state index is 12.4. The summed E-state index contributed by atoms with van der Waals surface area (Å²) in [5.41, 5.74) is 0.989.